The van der Waals surface area contributed by atoms with E-state index in [0.717, 1.165) is 0 Å². The van der Waals surface area contributed by atoms with Gasteiger partial charge in [-0.3, -0.25) is 4.79 Å². The molecule has 0 saturated heterocycles. The molecule has 1 nitrogen and oxygen atoms in total. The first-order valence-corrected chi connectivity index (χ1v) is 5.71. The van der Waals surface area contributed by atoms with Crippen LogP contribution in [-0.4, -0.2) is 10.9 Å². The number of hydrogen-bond donors (Lipinski definition) is 0. The molecule has 80 valence electrons. The quantitative estimate of drug-likeness (QED) is 0.805. The van der Waals surface area contributed by atoms with Gasteiger partial charge in [0, 0.05) is 17.7 Å². The molecule has 0 aliphatic carbocycles. The highest BCUT2D eigenvalue weighted by molar-refractivity contribution is 8.13. The smallest absolute Gasteiger partial charge is 0.186 e. The summed E-state index contributed by atoms with van der Waals surface area (Å²) in [5, 5.41) is 0.561. The van der Waals surface area contributed by atoms with Gasteiger partial charge in [0.25, 0.3) is 0 Å². The summed E-state index contributed by atoms with van der Waals surface area (Å²) in [5.41, 5.74) is 0.626. The lowest BCUT2D eigenvalue weighted by molar-refractivity contribution is -0.109. The highest BCUT2D eigenvalue weighted by atomic mass is 35.5. The molecule has 1 rings (SSSR count). The SMILES string of the molecule is CC(=O)SCC=Cc1cc(F)ccc1Cl. The molecule has 0 aliphatic rings. The van der Waals surface area contributed by atoms with Gasteiger partial charge in [0.05, 0.1) is 0 Å². The van der Waals surface area contributed by atoms with Crippen LogP contribution in [0.3, 0.4) is 0 Å². The average Bonchev–Trinajstić information content (AvgIpc) is 2.17. The Balaban J connectivity index is 2.63. The fourth-order valence-electron chi connectivity index (χ4n) is 0.983. The largest absolute Gasteiger partial charge is 0.288 e. The lowest BCUT2D eigenvalue weighted by Gasteiger charge is -1.97. The molecule has 0 atom stereocenters. The molecule has 0 fully saturated rings. The van der Waals surface area contributed by atoms with E-state index in [9.17, 15) is 9.18 Å². The molecular weight excluding hydrogens is 235 g/mol. The van der Waals surface area contributed by atoms with Crippen LogP contribution in [0, 0.1) is 5.82 Å². The lowest BCUT2D eigenvalue weighted by Crippen LogP contribution is -1.82. The standard InChI is InChI=1S/C11H10ClFOS/c1-8(14)15-6-2-3-9-7-10(13)4-5-11(9)12/h2-5,7H,6H2,1H3. The van der Waals surface area contributed by atoms with Crippen LogP contribution in [0.1, 0.15) is 12.5 Å². The Morgan fingerprint density at radius 3 is 3.00 bits per heavy atom. The number of thioether (sulfide) groups is 1. The van der Waals surface area contributed by atoms with Crippen LogP contribution in [-0.2, 0) is 4.79 Å². The predicted octanol–water partition coefficient (Wildman–Crippen LogP) is 3.77. The second-order valence-electron chi connectivity index (χ2n) is 2.87. The summed E-state index contributed by atoms with van der Waals surface area (Å²) >= 11 is 7.04. The van der Waals surface area contributed by atoms with Crippen molar-refractivity contribution in [3.8, 4) is 0 Å². The van der Waals surface area contributed by atoms with E-state index in [1.165, 1.54) is 36.9 Å². The topological polar surface area (TPSA) is 17.1 Å². The van der Waals surface area contributed by atoms with E-state index < -0.39 is 0 Å². The third-order valence-corrected chi connectivity index (χ3v) is 2.75. The second-order valence-corrected chi connectivity index (χ2v) is 4.47. The first-order chi connectivity index (χ1) is 7.09. The number of hydrogen-bond acceptors (Lipinski definition) is 2. The summed E-state index contributed by atoms with van der Waals surface area (Å²) in [6.07, 6.45) is 3.49. The monoisotopic (exact) mass is 244 g/mol. The number of carbonyl (C=O) groups is 1. The van der Waals surface area contributed by atoms with Crippen molar-refractivity contribution in [2.75, 3.05) is 5.75 Å². The molecule has 0 radical (unpaired) electrons. The molecule has 0 heterocycles. The van der Waals surface area contributed by atoms with Crippen molar-refractivity contribution in [3.63, 3.8) is 0 Å². The van der Waals surface area contributed by atoms with E-state index in [1.807, 2.05) is 0 Å². The minimum absolute atomic E-state index is 0.0602. The zero-order valence-corrected chi connectivity index (χ0v) is 9.74. The molecule has 1 aromatic carbocycles. The Hall–Kier alpha value is -0.800. The van der Waals surface area contributed by atoms with E-state index in [-0.39, 0.29) is 10.9 Å². The maximum atomic E-state index is 12.8. The fourth-order valence-corrected chi connectivity index (χ4v) is 1.59. The minimum atomic E-state index is -0.321. The maximum absolute atomic E-state index is 12.8. The molecule has 0 unspecified atom stereocenters. The van der Waals surface area contributed by atoms with E-state index in [4.69, 9.17) is 11.6 Å². The zero-order chi connectivity index (χ0) is 11.3. The van der Waals surface area contributed by atoms with Crippen molar-refractivity contribution in [1.82, 2.24) is 0 Å². The Morgan fingerprint density at radius 1 is 1.60 bits per heavy atom. The molecule has 0 saturated carbocycles. The van der Waals surface area contributed by atoms with Gasteiger partial charge in [-0.2, -0.15) is 0 Å². The normalized spacial score (nSPS) is 10.9. The first-order valence-electron chi connectivity index (χ1n) is 4.34. The lowest BCUT2D eigenvalue weighted by atomic mass is 10.2. The molecule has 0 N–H and O–H groups in total. The number of halogens is 2. The Labute approximate surface area is 97.3 Å². The van der Waals surface area contributed by atoms with Gasteiger partial charge in [0.15, 0.2) is 5.12 Å². The van der Waals surface area contributed by atoms with E-state index in [1.54, 1.807) is 12.2 Å². The van der Waals surface area contributed by atoms with Gasteiger partial charge < -0.3 is 0 Å². The molecule has 0 amide bonds. The van der Waals surface area contributed by atoms with Crippen LogP contribution < -0.4 is 0 Å². The van der Waals surface area contributed by atoms with Gasteiger partial charge in [0.1, 0.15) is 5.82 Å². The maximum Gasteiger partial charge on any atom is 0.186 e. The molecule has 0 aromatic heterocycles. The van der Waals surface area contributed by atoms with Crippen molar-refractivity contribution in [2.45, 2.75) is 6.92 Å². The van der Waals surface area contributed by atoms with Crippen molar-refractivity contribution in [3.05, 3.63) is 40.7 Å². The van der Waals surface area contributed by atoms with Crippen LogP contribution in [0.5, 0.6) is 0 Å². The average molecular weight is 245 g/mol. The molecule has 0 aliphatic heterocycles. The summed E-state index contributed by atoms with van der Waals surface area (Å²) in [6, 6.07) is 4.18. The summed E-state index contributed by atoms with van der Waals surface area (Å²) in [4.78, 5) is 10.6. The van der Waals surface area contributed by atoms with Crippen LogP contribution in [0.25, 0.3) is 6.08 Å². The molecule has 0 bridgehead atoms. The fraction of sp³-hybridized carbons (Fsp3) is 0.182. The van der Waals surface area contributed by atoms with Crippen molar-refractivity contribution in [1.29, 1.82) is 0 Å². The highest BCUT2D eigenvalue weighted by Gasteiger charge is 1.98. The third-order valence-electron chi connectivity index (χ3n) is 1.64. The van der Waals surface area contributed by atoms with Gasteiger partial charge in [0.2, 0.25) is 0 Å². The van der Waals surface area contributed by atoms with Crippen molar-refractivity contribution < 1.29 is 9.18 Å². The van der Waals surface area contributed by atoms with Gasteiger partial charge in [-0.05, 0) is 23.8 Å². The number of carbonyl (C=O) groups excluding carboxylic acids is 1. The second kappa shape index (κ2) is 5.93. The predicted molar refractivity (Wildman–Crippen MR) is 63.6 cm³/mol. The van der Waals surface area contributed by atoms with E-state index in [0.29, 0.717) is 16.3 Å². The molecule has 4 heteroatoms. The molecule has 0 spiro atoms. The zero-order valence-electron chi connectivity index (χ0n) is 8.17. The Bertz CT molecular complexity index is 390. The van der Waals surface area contributed by atoms with Crippen LogP contribution >= 0.6 is 23.4 Å². The van der Waals surface area contributed by atoms with Gasteiger partial charge in [-0.15, -0.1) is 0 Å². The third kappa shape index (κ3) is 4.49. The molecule has 1 aromatic rings. The molecule has 15 heavy (non-hydrogen) atoms. The van der Waals surface area contributed by atoms with Gasteiger partial charge >= 0.3 is 0 Å². The van der Waals surface area contributed by atoms with E-state index >= 15 is 0 Å². The van der Waals surface area contributed by atoms with Gasteiger partial charge in [-0.1, -0.05) is 35.5 Å². The number of rotatable bonds is 3. The number of benzene rings is 1. The van der Waals surface area contributed by atoms with Gasteiger partial charge in [-0.25, -0.2) is 4.39 Å². The van der Waals surface area contributed by atoms with Crippen molar-refractivity contribution >= 4 is 34.6 Å². The molecular formula is C11H10ClFOS. The summed E-state index contributed by atoms with van der Waals surface area (Å²) in [7, 11) is 0. The minimum Gasteiger partial charge on any atom is -0.288 e. The van der Waals surface area contributed by atoms with Crippen molar-refractivity contribution in [2.24, 2.45) is 0 Å². The summed E-state index contributed by atoms with van der Waals surface area (Å²) in [6.45, 7) is 1.51. The van der Waals surface area contributed by atoms with Crippen LogP contribution in [0.4, 0.5) is 4.39 Å². The Morgan fingerprint density at radius 2 is 2.33 bits per heavy atom. The Kier molecular flexibility index (Phi) is 4.85. The first kappa shape index (κ1) is 12.3. The summed E-state index contributed by atoms with van der Waals surface area (Å²) in [5.74, 6) is 0.251. The highest BCUT2D eigenvalue weighted by Crippen LogP contribution is 2.18. The van der Waals surface area contributed by atoms with Crippen LogP contribution in [0.15, 0.2) is 24.3 Å². The summed E-state index contributed by atoms with van der Waals surface area (Å²) < 4.78 is 12.8. The van der Waals surface area contributed by atoms with Crippen LogP contribution in [0.2, 0.25) is 5.02 Å². The van der Waals surface area contributed by atoms with E-state index in [2.05, 4.69) is 0 Å².